The van der Waals surface area contributed by atoms with E-state index in [4.69, 9.17) is 14.5 Å². The van der Waals surface area contributed by atoms with Crippen LogP contribution in [0.2, 0.25) is 0 Å². The van der Waals surface area contributed by atoms with E-state index in [1.54, 1.807) is 0 Å². The Morgan fingerprint density at radius 1 is 1.11 bits per heavy atom. The smallest absolute Gasteiger partial charge is 0.151 e. The Kier molecular flexibility index (Phi) is 5.88. The standard InChI is InChI=1S/C22H21BrN2O3/c23-18-7-5-16(6-8-18)13-21(25-9-11-27-12-10-25)24-22-17(14-26)15-28-20-4-2-1-3-19(20)22/h1-8,14H,9-13,15H2. The lowest BCUT2D eigenvalue weighted by Gasteiger charge is -2.31. The van der Waals surface area contributed by atoms with Gasteiger partial charge in [0.1, 0.15) is 18.2 Å². The van der Waals surface area contributed by atoms with Gasteiger partial charge in [0, 0.05) is 29.5 Å². The molecular weight excluding hydrogens is 420 g/mol. The summed E-state index contributed by atoms with van der Waals surface area (Å²) in [6.45, 7) is 3.18. The van der Waals surface area contributed by atoms with Crippen molar-refractivity contribution in [1.29, 1.82) is 0 Å². The summed E-state index contributed by atoms with van der Waals surface area (Å²) in [5.41, 5.74) is 3.30. The van der Waals surface area contributed by atoms with Gasteiger partial charge < -0.3 is 14.4 Å². The zero-order chi connectivity index (χ0) is 19.3. The van der Waals surface area contributed by atoms with Crippen molar-refractivity contribution in [3.05, 3.63) is 69.7 Å². The van der Waals surface area contributed by atoms with Crippen molar-refractivity contribution in [1.82, 2.24) is 4.90 Å². The number of amidine groups is 1. The van der Waals surface area contributed by atoms with Crippen molar-refractivity contribution < 1.29 is 14.3 Å². The number of halogens is 1. The molecule has 2 aliphatic heterocycles. The number of morpholine rings is 1. The van der Waals surface area contributed by atoms with Crippen molar-refractivity contribution in [2.75, 3.05) is 32.9 Å². The van der Waals surface area contributed by atoms with Gasteiger partial charge in [-0.2, -0.15) is 0 Å². The molecule has 0 saturated carbocycles. The van der Waals surface area contributed by atoms with E-state index in [9.17, 15) is 4.79 Å². The fourth-order valence-corrected chi connectivity index (χ4v) is 3.63. The fourth-order valence-electron chi connectivity index (χ4n) is 3.36. The van der Waals surface area contributed by atoms with Crippen LogP contribution in [0, 0.1) is 0 Å². The molecule has 1 saturated heterocycles. The van der Waals surface area contributed by atoms with Gasteiger partial charge in [-0.15, -0.1) is 0 Å². The average molecular weight is 441 g/mol. The largest absolute Gasteiger partial charge is 0.488 e. The van der Waals surface area contributed by atoms with Gasteiger partial charge in [-0.1, -0.05) is 40.2 Å². The van der Waals surface area contributed by atoms with Crippen LogP contribution >= 0.6 is 15.9 Å². The molecule has 144 valence electrons. The van der Waals surface area contributed by atoms with Crippen LogP contribution in [-0.2, 0) is 16.0 Å². The number of benzene rings is 2. The highest BCUT2D eigenvalue weighted by Gasteiger charge is 2.22. The molecule has 0 atom stereocenters. The van der Waals surface area contributed by atoms with Gasteiger partial charge in [0.2, 0.25) is 0 Å². The van der Waals surface area contributed by atoms with E-state index in [0.29, 0.717) is 30.9 Å². The quantitative estimate of drug-likeness (QED) is 0.412. The third-order valence-corrected chi connectivity index (χ3v) is 5.39. The van der Waals surface area contributed by atoms with Crippen molar-refractivity contribution in [3.8, 4) is 5.75 Å². The van der Waals surface area contributed by atoms with E-state index in [-0.39, 0.29) is 6.61 Å². The summed E-state index contributed by atoms with van der Waals surface area (Å²) in [5.74, 6) is 1.70. The minimum absolute atomic E-state index is 0.244. The fraction of sp³-hybridized carbons (Fsp3) is 0.273. The van der Waals surface area contributed by atoms with Crippen LogP contribution in [0.25, 0.3) is 5.70 Å². The van der Waals surface area contributed by atoms with Crippen LogP contribution in [-0.4, -0.2) is 49.9 Å². The monoisotopic (exact) mass is 440 g/mol. The zero-order valence-electron chi connectivity index (χ0n) is 15.4. The number of ether oxygens (including phenoxy) is 2. The van der Waals surface area contributed by atoms with Crippen molar-refractivity contribution in [2.45, 2.75) is 6.42 Å². The van der Waals surface area contributed by atoms with Crippen LogP contribution in [0.5, 0.6) is 5.75 Å². The van der Waals surface area contributed by atoms with Gasteiger partial charge in [0.25, 0.3) is 0 Å². The number of carbonyl (C=O) groups excluding carboxylic acids is 1. The molecule has 0 N–H and O–H groups in total. The molecule has 6 heteroatoms. The molecule has 4 rings (SSSR count). The minimum Gasteiger partial charge on any atom is -0.488 e. The first kappa shape index (κ1) is 18.9. The second-order valence-corrected chi connectivity index (χ2v) is 7.62. The van der Waals surface area contributed by atoms with Crippen LogP contribution < -0.4 is 4.74 Å². The molecule has 0 aliphatic carbocycles. The number of aldehydes is 1. The van der Waals surface area contributed by atoms with Gasteiger partial charge in [0.05, 0.1) is 24.5 Å². The summed E-state index contributed by atoms with van der Waals surface area (Å²) >= 11 is 3.49. The molecule has 28 heavy (non-hydrogen) atoms. The van der Waals surface area contributed by atoms with Gasteiger partial charge >= 0.3 is 0 Å². The Morgan fingerprint density at radius 3 is 2.61 bits per heavy atom. The molecule has 0 unspecified atom stereocenters. The Bertz CT molecular complexity index is 916. The SMILES string of the molecule is O=CC1=C(N=C(Cc2ccc(Br)cc2)N2CCOCC2)c2ccccc2OC1. The molecule has 2 aliphatic rings. The molecule has 0 amide bonds. The Labute approximate surface area is 172 Å². The van der Waals surface area contributed by atoms with Gasteiger partial charge in [0.15, 0.2) is 6.29 Å². The third-order valence-electron chi connectivity index (χ3n) is 4.86. The summed E-state index contributed by atoms with van der Waals surface area (Å²) in [5, 5.41) is 0. The number of hydrogen-bond acceptors (Lipinski definition) is 4. The zero-order valence-corrected chi connectivity index (χ0v) is 17.0. The molecule has 1 fully saturated rings. The van der Waals surface area contributed by atoms with Crippen LogP contribution in [0.15, 0.2) is 63.6 Å². The summed E-state index contributed by atoms with van der Waals surface area (Å²) in [6.07, 6.45) is 1.54. The molecule has 2 heterocycles. The first-order valence-corrected chi connectivity index (χ1v) is 10.1. The summed E-state index contributed by atoms with van der Waals surface area (Å²) in [7, 11) is 0. The second kappa shape index (κ2) is 8.71. The first-order chi connectivity index (χ1) is 13.7. The Morgan fingerprint density at radius 2 is 1.86 bits per heavy atom. The van der Waals surface area contributed by atoms with E-state index in [2.05, 4.69) is 33.0 Å². The maximum absolute atomic E-state index is 11.7. The molecule has 5 nitrogen and oxygen atoms in total. The van der Waals surface area contributed by atoms with Crippen molar-refractivity contribution in [2.24, 2.45) is 4.99 Å². The van der Waals surface area contributed by atoms with Gasteiger partial charge in [-0.25, -0.2) is 4.99 Å². The normalized spacial score (nSPS) is 17.2. The number of hydrogen-bond donors (Lipinski definition) is 0. The van der Waals surface area contributed by atoms with Crippen LogP contribution in [0.1, 0.15) is 11.1 Å². The van der Waals surface area contributed by atoms with Crippen molar-refractivity contribution in [3.63, 3.8) is 0 Å². The van der Waals surface area contributed by atoms with Crippen LogP contribution in [0.4, 0.5) is 0 Å². The molecule has 2 aromatic rings. The summed E-state index contributed by atoms with van der Waals surface area (Å²) < 4.78 is 12.3. The predicted octanol–water partition coefficient (Wildman–Crippen LogP) is 3.72. The topological polar surface area (TPSA) is 51.1 Å². The maximum atomic E-state index is 11.7. The molecule has 2 aromatic carbocycles. The first-order valence-electron chi connectivity index (χ1n) is 9.30. The third kappa shape index (κ3) is 4.18. The average Bonchev–Trinajstić information content (AvgIpc) is 2.75. The van der Waals surface area contributed by atoms with E-state index in [1.165, 1.54) is 5.56 Å². The van der Waals surface area contributed by atoms with Gasteiger partial charge in [-0.05, 0) is 29.8 Å². The lowest BCUT2D eigenvalue weighted by molar-refractivity contribution is -0.105. The minimum atomic E-state index is 0.244. The lowest BCUT2D eigenvalue weighted by atomic mass is 10.0. The highest BCUT2D eigenvalue weighted by Crippen LogP contribution is 2.33. The number of nitrogens with zero attached hydrogens (tertiary/aromatic N) is 2. The number of rotatable bonds is 4. The number of aliphatic imine (C=N–C) groups is 1. The summed E-state index contributed by atoms with van der Waals surface area (Å²) in [4.78, 5) is 19.0. The predicted molar refractivity (Wildman–Crippen MR) is 113 cm³/mol. The van der Waals surface area contributed by atoms with Gasteiger partial charge in [-0.3, -0.25) is 4.79 Å². The molecule has 0 aromatic heterocycles. The van der Waals surface area contributed by atoms with E-state index in [0.717, 1.165) is 41.0 Å². The molecule has 0 bridgehead atoms. The van der Waals surface area contributed by atoms with E-state index >= 15 is 0 Å². The Hall–Kier alpha value is -2.44. The molecule has 0 spiro atoms. The van der Waals surface area contributed by atoms with Crippen LogP contribution in [0.3, 0.4) is 0 Å². The number of carbonyl (C=O) groups is 1. The number of para-hydroxylation sites is 1. The highest BCUT2D eigenvalue weighted by atomic mass is 79.9. The summed E-state index contributed by atoms with van der Waals surface area (Å²) in [6, 6.07) is 16.0. The van der Waals surface area contributed by atoms with E-state index in [1.807, 2.05) is 36.4 Å². The second-order valence-electron chi connectivity index (χ2n) is 6.71. The maximum Gasteiger partial charge on any atom is 0.151 e. The molecule has 0 radical (unpaired) electrons. The number of fused-ring (bicyclic) bond motifs is 1. The Balaban J connectivity index is 1.75. The van der Waals surface area contributed by atoms with Crippen molar-refractivity contribution >= 4 is 33.7 Å². The van der Waals surface area contributed by atoms with E-state index < -0.39 is 0 Å². The lowest BCUT2D eigenvalue weighted by Crippen LogP contribution is -2.41. The highest BCUT2D eigenvalue weighted by molar-refractivity contribution is 9.10. The molecular formula is C22H21BrN2O3.